The fraction of sp³-hybridized carbons (Fsp3) is 0.520. The number of fused-ring (bicyclic) bond motifs is 1. The summed E-state index contributed by atoms with van der Waals surface area (Å²) in [5.74, 6) is 2.68. The van der Waals surface area contributed by atoms with Crippen molar-refractivity contribution < 1.29 is 9.90 Å². The van der Waals surface area contributed by atoms with Gasteiger partial charge in [0.2, 0.25) is 0 Å². The van der Waals surface area contributed by atoms with Crippen LogP contribution >= 0.6 is 15.9 Å². The van der Waals surface area contributed by atoms with Gasteiger partial charge in [0.15, 0.2) is 0 Å². The molecule has 1 N–H and O–H groups in total. The van der Waals surface area contributed by atoms with Crippen molar-refractivity contribution in [3.8, 4) is 11.5 Å². The highest BCUT2D eigenvalue weighted by Gasteiger charge is 2.41. The van der Waals surface area contributed by atoms with E-state index in [9.17, 15) is 9.90 Å². The van der Waals surface area contributed by atoms with E-state index in [1.165, 1.54) is 0 Å². The standard InChI is InChI=1S/C25H34BrNO2Si/c1-16(2)30(17(3)4,18(5)6)12-10-22-23-20(9-11-27-22)13-19(14-21(23)26)15-25(7,8)24(28)29/h9,11,13-14,16-18H,15H2,1-8H3,(H,28,29). The number of carboxylic acid groups (broad SMARTS) is 1. The summed E-state index contributed by atoms with van der Waals surface area (Å²) in [4.78, 5) is 16.1. The van der Waals surface area contributed by atoms with Crippen molar-refractivity contribution >= 4 is 40.7 Å². The Kier molecular flexibility index (Phi) is 7.58. The molecule has 1 aromatic heterocycles. The molecule has 0 radical (unpaired) electrons. The predicted octanol–water partition coefficient (Wildman–Crippen LogP) is 7.22. The third-order valence-corrected chi connectivity index (χ3v) is 13.3. The molecule has 5 heteroatoms. The van der Waals surface area contributed by atoms with Crippen molar-refractivity contribution in [1.29, 1.82) is 0 Å². The van der Waals surface area contributed by atoms with Crippen LogP contribution in [0.25, 0.3) is 10.8 Å². The molecule has 0 atom stereocenters. The van der Waals surface area contributed by atoms with Crippen molar-refractivity contribution in [3.05, 3.63) is 40.1 Å². The number of nitrogens with zero attached hydrogens (tertiary/aromatic N) is 1. The van der Waals surface area contributed by atoms with Crippen molar-refractivity contribution in [2.75, 3.05) is 0 Å². The van der Waals surface area contributed by atoms with Gasteiger partial charge in [0.1, 0.15) is 13.8 Å². The van der Waals surface area contributed by atoms with E-state index in [2.05, 4.69) is 80.0 Å². The number of carbonyl (C=O) groups is 1. The predicted molar refractivity (Wildman–Crippen MR) is 132 cm³/mol. The van der Waals surface area contributed by atoms with E-state index in [4.69, 9.17) is 0 Å². The fourth-order valence-corrected chi connectivity index (χ4v) is 10.6. The van der Waals surface area contributed by atoms with E-state index in [0.29, 0.717) is 23.0 Å². The topological polar surface area (TPSA) is 50.2 Å². The number of hydrogen-bond donors (Lipinski definition) is 1. The zero-order chi connectivity index (χ0) is 22.9. The Labute approximate surface area is 190 Å². The van der Waals surface area contributed by atoms with Crippen LogP contribution in [0.4, 0.5) is 0 Å². The Morgan fingerprint density at radius 1 is 1.13 bits per heavy atom. The number of halogens is 1. The van der Waals surface area contributed by atoms with Crippen LogP contribution in [-0.2, 0) is 11.2 Å². The number of aromatic nitrogens is 1. The van der Waals surface area contributed by atoms with Crippen molar-refractivity contribution in [1.82, 2.24) is 4.98 Å². The Balaban J connectivity index is 2.61. The third-order valence-electron chi connectivity index (χ3n) is 6.36. The van der Waals surface area contributed by atoms with Crippen LogP contribution in [-0.4, -0.2) is 24.1 Å². The molecule has 0 aliphatic carbocycles. The first-order chi connectivity index (χ1) is 13.8. The van der Waals surface area contributed by atoms with Gasteiger partial charge >= 0.3 is 5.97 Å². The first-order valence-electron chi connectivity index (χ1n) is 10.7. The molecular formula is C25H34BrNO2Si. The van der Waals surface area contributed by atoms with Crippen LogP contribution in [0.5, 0.6) is 0 Å². The van der Waals surface area contributed by atoms with Crippen LogP contribution in [0.15, 0.2) is 28.9 Å². The summed E-state index contributed by atoms with van der Waals surface area (Å²) in [7, 11) is -1.85. The molecular weight excluding hydrogens is 454 g/mol. The molecule has 0 amide bonds. The Morgan fingerprint density at radius 3 is 2.20 bits per heavy atom. The molecule has 1 aromatic carbocycles. The van der Waals surface area contributed by atoms with Gasteiger partial charge in [0, 0.05) is 16.1 Å². The Bertz CT molecular complexity index is 978. The van der Waals surface area contributed by atoms with Crippen LogP contribution in [0.3, 0.4) is 0 Å². The van der Waals surface area contributed by atoms with Gasteiger partial charge in [-0.15, -0.1) is 5.54 Å². The van der Waals surface area contributed by atoms with E-state index in [0.717, 1.165) is 26.5 Å². The molecule has 2 aromatic rings. The smallest absolute Gasteiger partial charge is 0.309 e. The number of aliphatic carboxylic acids is 1. The molecule has 0 saturated heterocycles. The molecule has 0 spiro atoms. The zero-order valence-corrected chi connectivity index (χ0v) is 22.0. The van der Waals surface area contributed by atoms with Gasteiger partial charge in [-0.2, -0.15) is 0 Å². The summed E-state index contributed by atoms with van der Waals surface area (Å²) in [6.07, 6.45) is 2.26. The maximum atomic E-state index is 11.5. The van der Waals surface area contributed by atoms with E-state index >= 15 is 0 Å². The van der Waals surface area contributed by atoms with Gasteiger partial charge in [0.25, 0.3) is 0 Å². The highest BCUT2D eigenvalue weighted by Crippen LogP contribution is 2.41. The first kappa shape index (κ1) is 24.6. The minimum absolute atomic E-state index is 0.463. The lowest BCUT2D eigenvalue weighted by Crippen LogP contribution is -2.43. The zero-order valence-electron chi connectivity index (χ0n) is 19.4. The summed E-state index contributed by atoms with van der Waals surface area (Å²) in [5, 5.41) is 11.5. The van der Waals surface area contributed by atoms with Crippen LogP contribution in [0.2, 0.25) is 16.6 Å². The van der Waals surface area contributed by atoms with Gasteiger partial charge in [-0.1, -0.05) is 69.5 Å². The number of hydrogen-bond acceptors (Lipinski definition) is 2. The summed E-state index contributed by atoms with van der Waals surface area (Å²) in [5.41, 5.74) is 6.41. The summed E-state index contributed by atoms with van der Waals surface area (Å²) in [6, 6.07) is 6.05. The van der Waals surface area contributed by atoms with Crippen LogP contribution in [0.1, 0.15) is 66.6 Å². The molecule has 162 valence electrons. The molecule has 0 bridgehead atoms. The highest BCUT2D eigenvalue weighted by atomic mass is 79.9. The van der Waals surface area contributed by atoms with Crippen molar-refractivity contribution in [3.63, 3.8) is 0 Å². The number of pyridine rings is 1. The average molecular weight is 489 g/mol. The van der Waals surface area contributed by atoms with Gasteiger partial charge in [-0.25, -0.2) is 4.98 Å². The van der Waals surface area contributed by atoms with E-state index in [1.807, 2.05) is 12.1 Å². The summed E-state index contributed by atoms with van der Waals surface area (Å²) < 4.78 is 0.916. The fourth-order valence-electron chi connectivity index (χ4n) is 4.71. The Hall–Kier alpha value is -1.64. The average Bonchev–Trinajstić information content (AvgIpc) is 2.60. The lowest BCUT2D eigenvalue weighted by Gasteiger charge is -2.38. The number of rotatable bonds is 6. The molecule has 1 heterocycles. The number of carboxylic acids is 1. The minimum atomic E-state index is -1.85. The normalized spacial score (nSPS) is 12.5. The molecule has 30 heavy (non-hydrogen) atoms. The minimum Gasteiger partial charge on any atom is -0.481 e. The lowest BCUT2D eigenvalue weighted by atomic mass is 9.85. The quantitative estimate of drug-likeness (QED) is 0.345. The summed E-state index contributed by atoms with van der Waals surface area (Å²) in [6.45, 7) is 17.4. The Morgan fingerprint density at radius 2 is 1.70 bits per heavy atom. The van der Waals surface area contributed by atoms with E-state index < -0.39 is 19.5 Å². The van der Waals surface area contributed by atoms with Crippen LogP contribution < -0.4 is 0 Å². The van der Waals surface area contributed by atoms with Crippen molar-refractivity contribution in [2.24, 2.45) is 5.41 Å². The van der Waals surface area contributed by atoms with Gasteiger partial charge < -0.3 is 5.11 Å². The van der Waals surface area contributed by atoms with Gasteiger partial charge in [-0.3, -0.25) is 4.79 Å². The molecule has 0 fully saturated rings. The molecule has 0 aliphatic heterocycles. The lowest BCUT2D eigenvalue weighted by molar-refractivity contribution is -0.146. The van der Waals surface area contributed by atoms with Crippen LogP contribution in [0, 0.1) is 16.9 Å². The molecule has 2 rings (SSSR count). The third kappa shape index (κ3) is 4.81. The largest absolute Gasteiger partial charge is 0.481 e. The van der Waals surface area contributed by atoms with E-state index in [1.54, 1.807) is 20.0 Å². The second-order valence-corrected chi connectivity index (χ2v) is 16.3. The SMILES string of the molecule is CC(C)[Si](C#Cc1nccc2cc(CC(C)(C)C(=O)O)cc(Br)c12)(C(C)C)C(C)C. The first-order valence-corrected chi connectivity index (χ1v) is 13.7. The highest BCUT2D eigenvalue weighted by molar-refractivity contribution is 9.10. The maximum Gasteiger partial charge on any atom is 0.309 e. The second-order valence-electron chi connectivity index (χ2n) is 9.85. The summed E-state index contributed by atoms with van der Waals surface area (Å²) >= 11 is 3.71. The monoisotopic (exact) mass is 487 g/mol. The maximum absolute atomic E-state index is 11.5. The molecule has 0 unspecified atom stereocenters. The molecule has 3 nitrogen and oxygen atoms in total. The van der Waals surface area contributed by atoms with E-state index in [-0.39, 0.29) is 0 Å². The second kappa shape index (κ2) is 9.24. The molecule has 0 aliphatic rings. The number of benzene rings is 1. The van der Waals surface area contributed by atoms with Crippen molar-refractivity contribution in [2.45, 2.75) is 78.4 Å². The van der Waals surface area contributed by atoms with Gasteiger partial charge in [0.05, 0.1) is 5.41 Å². The molecule has 0 saturated carbocycles. The van der Waals surface area contributed by atoms with Gasteiger partial charge in [-0.05, 0) is 60.0 Å².